The Morgan fingerprint density at radius 2 is 2.12 bits per heavy atom. The van der Waals surface area contributed by atoms with Crippen LogP contribution < -0.4 is 10.5 Å². The number of nitrogens with zero attached hydrogens (tertiary/aromatic N) is 1. The number of benzene rings is 1. The van der Waals surface area contributed by atoms with E-state index in [0.29, 0.717) is 0 Å². The second kappa shape index (κ2) is 6.62. The van der Waals surface area contributed by atoms with E-state index in [1.807, 2.05) is 13.0 Å². The van der Waals surface area contributed by atoms with Gasteiger partial charge in [0.15, 0.2) is 0 Å². The third-order valence-corrected chi connectivity index (χ3v) is 2.79. The van der Waals surface area contributed by atoms with E-state index in [9.17, 15) is 0 Å². The number of likely N-dealkylation sites (N-methyl/N-ethyl adjacent to an activating group) is 1. The van der Waals surface area contributed by atoms with E-state index in [1.54, 1.807) is 7.11 Å². The van der Waals surface area contributed by atoms with Crippen LogP contribution in [-0.4, -0.2) is 31.6 Å². The standard InChI is InChI=1S/C14H24N2O/c1-5-12-6-7-14(17-4)13(8-12)10-16(3)9-11(2)15/h6-8,11H,5,9-10,15H2,1-4H3. The average Bonchev–Trinajstić information content (AvgIpc) is 2.27. The minimum atomic E-state index is 0.195. The summed E-state index contributed by atoms with van der Waals surface area (Å²) >= 11 is 0. The van der Waals surface area contributed by atoms with Crippen LogP contribution in [0, 0.1) is 0 Å². The molecular formula is C14H24N2O. The molecule has 0 heterocycles. The molecule has 0 aliphatic heterocycles. The van der Waals surface area contributed by atoms with Crippen molar-refractivity contribution in [2.75, 3.05) is 20.7 Å². The van der Waals surface area contributed by atoms with Gasteiger partial charge in [-0.3, -0.25) is 0 Å². The summed E-state index contributed by atoms with van der Waals surface area (Å²) in [5, 5.41) is 0. The fraction of sp³-hybridized carbons (Fsp3) is 0.571. The molecule has 0 saturated heterocycles. The summed E-state index contributed by atoms with van der Waals surface area (Å²) in [6.07, 6.45) is 1.05. The Morgan fingerprint density at radius 3 is 2.65 bits per heavy atom. The van der Waals surface area contributed by atoms with Crippen molar-refractivity contribution in [1.29, 1.82) is 0 Å². The molecule has 3 heteroatoms. The predicted molar refractivity (Wildman–Crippen MR) is 72.4 cm³/mol. The fourth-order valence-corrected chi connectivity index (χ4v) is 2.02. The Hall–Kier alpha value is -1.06. The quantitative estimate of drug-likeness (QED) is 0.821. The van der Waals surface area contributed by atoms with Gasteiger partial charge >= 0.3 is 0 Å². The van der Waals surface area contributed by atoms with E-state index >= 15 is 0 Å². The van der Waals surface area contributed by atoms with Gasteiger partial charge in [-0.15, -0.1) is 0 Å². The molecule has 1 atom stereocenters. The zero-order valence-corrected chi connectivity index (χ0v) is 11.4. The van der Waals surface area contributed by atoms with Crippen LogP contribution in [0.1, 0.15) is 25.0 Å². The number of hydrogen-bond acceptors (Lipinski definition) is 3. The van der Waals surface area contributed by atoms with Gasteiger partial charge in [0, 0.05) is 24.7 Å². The average molecular weight is 236 g/mol. The monoisotopic (exact) mass is 236 g/mol. The van der Waals surface area contributed by atoms with Crippen molar-refractivity contribution >= 4 is 0 Å². The lowest BCUT2D eigenvalue weighted by Crippen LogP contribution is -2.32. The van der Waals surface area contributed by atoms with E-state index < -0.39 is 0 Å². The van der Waals surface area contributed by atoms with E-state index in [0.717, 1.165) is 25.3 Å². The highest BCUT2D eigenvalue weighted by Gasteiger charge is 2.08. The summed E-state index contributed by atoms with van der Waals surface area (Å²) in [6, 6.07) is 6.58. The van der Waals surface area contributed by atoms with Crippen LogP contribution in [0.25, 0.3) is 0 Å². The summed E-state index contributed by atoms with van der Waals surface area (Å²) in [4.78, 5) is 2.22. The smallest absolute Gasteiger partial charge is 0.123 e. The number of hydrogen-bond donors (Lipinski definition) is 1. The maximum Gasteiger partial charge on any atom is 0.123 e. The minimum Gasteiger partial charge on any atom is -0.496 e. The first kappa shape index (κ1) is 14.0. The summed E-state index contributed by atoms with van der Waals surface area (Å²) < 4.78 is 5.39. The summed E-state index contributed by atoms with van der Waals surface area (Å²) in [6.45, 7) is 5.95. The van der Waals surface area contributed by atoms with Crippen molar-refractivity contribution in [3.05, 3.63) is 29.3 Å². The molecule has 0 amide bonds. The van der Waals surface area contributed by atoms with Crippen LogP contribution in [0.2, 0.25) is 0 Å². The van der Waals surface area contributed by atoms with Crippen molar-refractivity contribution in [3.63, 3.8) is 0 Å². The largest absolute Gasteiger partial charge is 0.496 e. The van der Waals surface area contributed by atoms with Gasteiger partial charge < -0.3 is 15.4 Å². The van der Waals surface area contributed by atoms with Crippen molar-refractivity contribution in [3.8, 4) is 5.75 Å². The van der Waals surface area contributed by atoms with Crippen LogP contribution in [0.15, 0.2) is 18.2 Å². The van der Waals surface area contributed by atoms with Gasteiger partial charge in [-0.1, -0.05) is 19.1 Å². The molecule has 0 bridgehead atoms. The van der Waals surface area contributed by atoms with Crippen LogP contribution in [-0.2, 0) is 13.0 Å². The van der Waals surface area contributed by atoms with Gasteiger partial charge in [0.1, 0.15) is 5.75 Å². The van der Waals surface area contributed by atoms with E-state index in [2.05, 4.69) is 31.0 Å². The molecule has 2 N–H and O–H groups in total. The molecule has 1 rings (SSSR count). The van der Waals surface area contributed by atoms with E-state index in [-0.39, 0.29) is 6.04 Å². The highest BCUT2D eigenvalue weighted by Crippen LogP contribution is 2.21. The van der Waals surface area contributed by atoms with Crippen LogP contribution in [0.3, 0.4) is 0 Å². The maximum absolute atomic E-state index is 5.80. The molecule has 17 heavy (non-hydrogen) atoms. The van der Waals surface area contributed by atoms with Gasteiger partial charge in [-0.05, 0) is 32.0 Å². The maximum atomic E-state index is 5.80. The molecule has 0 aliphatic rings. The van der Waals surface area contributed by atoms with Gasteiger partial charge in [0.25, 0.3) is 0 Å². The molecule has 1 unspecified atom stereocenters. The van der Waals surface area contributed by atoms with Gasteiger partial charge in [0.2, 0.25) is 0 Å². The number of methoxy groups -OCH3 is 1. The first-order chi connectivity index (χ1) is 8.06. The van der Waals surface area contributed by atoms with Gasteiger partial charge in [0.05, 0.1) is 7.11 Å². The molecule has 3 nitrogen and oxygen atoms in total. The zero-order chi connectivity index (χ0) is 12.8. The van der Waals surface area contributed by atoms with Crippen molar-refractivity contribution in [1.82, 2.24) is 4.90 Å². The second-order valence-corrected chi connectivity index (χ2v) is 4.67. The second-order valence-electron chi connectivity index (χ2n) is 4.67. The van der Waals surface area contributed by atoms with E-state index in [1.165, 1.54) is 11.1 Å². The lowest BCUT2D eigenvalue weighted by Gasteiger charge is -2.20. The van der Waals surface area contributed by atoms with Crippen molar-refractivity contribution < 1.29 is 4.74 Å². The van der Waals surface area contributed by atoms with Crippen molar-refractivity contribution in [2.45, 2.75) is 32.9 Å². The third-order valence-electron chi connectivity index (χ3n) is 2.79. The summed E-state index contributed by atoms with van der Waals surface area (Å²) in [5.74, 6) is 0.957. The number of nitrogens with two attached hydrogens (primary N) is 1. The van der Waals surface area contributed by atoms with Gasteiger partial charge in [-0.2, -0.15) is 0 Å². The molecule has 0 aliphatic carbocycles. The predicted octanol–water partition coefficient (Wildman–Crippen LogP) is 2.04. The molecule has 0 aromatic heterocycles. The van der Waals surface area contributed by atoms with Crippen LogP contribution in [0.5, 0.6) is 5.75 Å². The number of aryl methyl sites for hydroxylation is 1. The minimum absolute atomic E-state index is 0.195. The molecule has 0 radical (unpaired) electrons. The summed E-state index contributed by atoms with van der Waals surface area (Å²) in [7, 11) is 3.80. The summed E-state index contributed by atoms with van der Waals surface area (Å²) in [5.41, 5.74) is 8.37. The molecule has 1 aromatic rings. The molecule has 0 spiro atoms. The fourth-order valence-electron chi connectivity index (χ4n) is 2.02. The third kappa shape index (κ3) is 4.36. The topological polar surface area (TPSA) is 38.5 Å². The van der Waals surface area contributed by atoms with E-state index in [4.69, 9.17) is 10.5 Å². The zero-order valence-electron chi connectivity index (χ0n) is 11.4. The van der Waals surface area contributed by atoms with Crippen LogP contribution in [0.4, 0.5) is 0 Å². The lowest BCUT2D eigenvalue weighted by atomic mass is 10.1. The molecular weight excluding hydrogens is 212 g/mol. The Bertz CT molecular complexity index is 350. The SMILES string of the molecule is CCc1ccc(OC)c(CN(C)CC(C)N)c1. The number of ether oxygens (including phenoxy) is 1. The lowest BCUT2D eigenvalue weighted by molar-refractivity contribution is 0.302. The highest BCUT2D eigenvalue weighted by molar-refractivity contribution is 5.37. The van der Waals surface area contributed by atoms with Crippen molar-refractivity contribution in [2.24, 2.45) is 5.73 Å². The Balaban J connectivity index is 2.80. The molecule has 1 aromatic carbocycles. The normalized spacial score (nSPS) is 12.8. The first-order valence-corrected chi connectivity index (χ1v) is 6.16. The highest BCUT2D eigenvalue weighted by atomic mass is 16.5. The molecule has 0 saturated carbocycles. The Morgan fingerprint density at radius 1 is 1.41 bits per heavy atom. The van der Waals surface area contributed by atoms with Crippen LogP contribution >= 0.6 is 0 Å². The Kier molecular flexibility index (Phi) is 5.45. The Labute approximate surface area is 105 Å². The first-order valence-electron chi connectivity index (χ1n) is 6.16. The number of rotatable bonds is 6. The molecule has 0 fully saturated rings. The molecule has 96 valence electrons. The van der Waals surface area contributed by atoms with Gasteiger partial charge in [-0.25, -0.2) is 0 Å².